The fourth-order valence-corrected chi connectivity index (χ4v) is 5.48. The van der Waals surface area contributed by atoms with Crippen LogP contribution in [0.5, 0.6) is 5.88 Å². The van der Waals surface area contributed by atoms with Gasteiger partial charge < -0.3 is 25.4 Å². The number of benzene rings is 1. The molecule has 2 aliphatic heterocycles. The van der Waals surface area contributed by atoms with E-state index in [0.717, 1.165) is 24.8 Å². The highest BCUT2D eigenvalue weighted by Gasteiger charge is 2.34. The van der Waals surface area contributed by atoms with Gasteiger partial charge in [0.15, 0.2) is 18.2 Å². The van der Waals surface area contributed by atoms with E-state index in [-0.39, 0.29) is 53.8 Å². The lowest BCUT2D eigenvalue weighted by molar-refractivity contribution is -0.119. The third kappa shape index (κ3) is 5.85. The Morgan fingerprint density at radius 3 is 2.95 bits per heavy atom. The molecule has 13 heteroatoms. The largest absolute Gasteiger partial charge is 0.465 e. The van der Waals surface area contributed by atoms with Gasteiger partial charge in [-0.05, 0) is 81.4 Å². The molecule has 0 radical (unpaired) electrons. The number of cyclic esters (lactones) is 1. The predicted octanol–water partition coefficient (Wildman–Crippen LogP) is 1.70. The van der Waals surface area contributed by atoms with Crippen LogP contribution in [0.2, 0.25) is 0 Å². The molecule has 2 unspecified atom stereocenters. The third-order valence-corrected chi connectivity index (χ3v) is 7.69. The summed E-state index contributed by atoms with van der Waals surface area (Å²) in [4.78, 5) is 48.2. The highest BCUT2D eigenvalue weighted by Crippen LogP contribution is 2.32. The van der Waals surface area contributed by atoms with E-state index in [1.807, 2.05) is 18.0 Å². The molecule has 0 bridgehead atoms. The molecule has 1 saturated carbocycles. The predicted molar refractivity (Wildman–Crippen MR) is 143 cm³/mol. The summed E-state index contributed by atoms with van der Waals surface area (Å²) in [6, 6.07) is 3.79. The van der Waals surface area contributed by atoms with Crippen LogP contribution in [0, 0.1) is 11.7 Å². The Morgan fingerprint density at radius 1 is 1.27 bits per heavy atom. The lowest BCUT2D eigenvalue weighted by atomic mass is 10.1. The van der Waals surface area contributed by atoms with Crippen molar-refractivity contribution in [2.75, 3.05) is 55.4 Å². The Balaban J connectivity index is 0.951. The zero-order valence-electron chi connectivity index (χ0n) is 22.2. The molecule has 1 aromatic heterocycles. The fraction of sp³-hybridized carbons (Fsp3) is 0.519. The number of aromatic nitrogens is 2. The second-order valence-corrected chi connectivity index (χ2v) is 10.9. The van der Waals surface area contributed by atoms with Crippen LogP contribution in [0.1, 0.15) is 30.4 Å². The molecule has 2 fully saturated rings. The first kappa shape index (κ1) is 26.4. The van der Waals surface area contributed by atoms with E-state index in [2.05, 4.69) is 25.9 Å². The molecule has 3 amide bonds. The molecular formula is C27H32FN7O5. The number of halogens is 1. The summed E-state index contributed by atoms with van der Waals surface area (Å²) in [6.07, 6.45) is 4.78. The van der Waals surface area contributed by atoms with Gasteiger partial charge in [-0.2, -0.15) is 0 Å². The molecular weight excluding hydrogens is 521 g/mol. The Bertz CT molecular complexity index is 1340. The Labute approximate surface area is 230 Å². The number of amides is 3. The van der Waals surface area contributed by atoms with Gasteiger partial charge in [-0.15, -0.1) is 0 Å². The van der Waals surface area contributed by atoms with Crippen molar-refractivity contribution in [3.8, 4) is 5.88 Å². The lowest BCUT2D eigenvalue weighted by Crippen LogP contribution is -2.31. The summed E-state index contributed by atoms with van der Waals surface area (Å²) < 4.78 is 25.5. The van der Waals surface area contributed by atoms with Crippen molar-refractivity contribution in [3.63, 3.8) is 0 Å². The molecule has 4 aliphatic rings. The van der Waals surface area contributed by atoms with Gasteiger partial charge >= 0.3 is 6.09 Å². The van der Waals surface area contributed by atoms with Crippen molar-refractivity contribution in [2.24, 2.45) is 5.92 Å². The minimum absolute atomic E-state index is 0.124. The van der Waals surface area contributed by atoms with E-state index in [1.165, 1.54) is 17.2 Å². The smallest absolute Gasteiger partial charge is 0.415 e. The highest BCUT2D eigenvalue weighted by molar-refractivity contribution is 5.95. The zero-order chi connectivity index (χ0) is 27.8. The molecule has 6 rings (SSSR count). The van der Waals surface area contributed by atoms with Crippen LogP contribution in [-0.2, 0) is 27.2 Å². The molecule has 12 nitrogen and oxygen atoms in total. The number of rotatable bonds is 10. The van der Waals surface area contributed by atoms with Gasteiger partial charge in [0.2, 0.25) is 5.91 Å². The maximum Gasteiger partial charge on any atom is 0.415 e. The first-order chi connectivity index (χ1) is 19.3. The van der Waals surface area contributed by atoms with Gasteiger partial charge in [0.05, 0.1) is 19.3 Å². The summed E-state index contributed by atoms with van der Waals surface area (Å²) in [6.45, 7) is 1.81. The number of nitrogens with zero attached hydrogens (tertiary/aromatic N) is 4. The van der Waals surface area contributed by atoms with Gasteiger partial charge in [0.25, 0.3) is 11.8 Å². The quantitative estimate of drug-likeness (QED) is 0.375. The standard InChI is InChI=1S/C27H32FN7O5/c1-34(18-2-3-18)13-23(36)31-17-8-16-6-15(7-20(16)21(28)9-17)10-29-5-4-19-12-35(27(38)40-19)22-11-30-26-25(32-22)33-24(37)14-39-26/h8-9,11,15,18-19,29H,2-7,10,12-14H2,1H3,(H,31,36)(H,32,33,37). The third-order valence-electron chi connectivity index (χ3n) is 7.69. The van der Waals surface area contributed by atoms with Gasteiger partial charge in [-0.3, -0.25) is 19.4 Å². The maximum absolute atomic E-state index is 14.8. The summed E-state index contributed by atoms with van der Waals surface area (Å²) in [5.41, 5.74) is 2.16. The van der Waals surface area contributed by atoms with Gasteiger partial charge in [0.1, 0.15) is 11.9 Å². The zero-order valence-corrected chi connectivity index (χ0v) is 22.2. The summed E-state index contributed by atoms with van der Waals surface area (Å²) in [7, 11) is 1.94. The van der Waals surface area contributed by atoms with Crippen molar-refractivity contribution in [1.29, 1.82) is 0 Å². The van der Waals surface area contributed by atoms with Crippen LogP contribution < -0.4 is 25.6 Å². The van der Waals surface area contributed by atoms with Crippen molar-refractivity contribution in [2.45, 2.75) is 44.2 Å². The monoisotopic (exact) mass is 553 g/mol. The second-order valence-electron chi connectivity index (χ2n) is 10.9. The second kappa shape index (κ2) is 11.0. The van der Waals surface area contributed by atoms with Crippen molar-refractivity contribution < 1.29 is 28.2 Å². The van der Waals surface area contributed by atoms with E-state index in [0.29, 0.717) is 56.3 Å². The number of hydrogen-bond acceptors (Lipinski definition) is 9. The first-order valence-corrected chi connectivity index (χ1v) is 13.6. The number of carbonyl (C=O) groups is 3. The number of carbonyl (C=O) groups excluding carboxylic acids is 3. The summed E-state index contributed by atoms with van der Waals surface area (Å²) in [5, 5.41) is 8.84. The molecule has 2 atom stereocenters. The van der Waals surface area contributed by atoms with Crippen molar-refractivity contribution in [3.05, 3.63) is 35.3 Å². The fourth-order valence-electron chi connectivity index (χ4n) is 5.48. The molecule has 0 spiro atoms. The van der Waals surface area contributed by atoms with Gasteiger partial charge in [-0.1, -0.05) is 0 Å². The number of fused-ring (bicyclic) bond motifs is 2. The molecule has 40 heavy (non-hydrogen) atoms. The summed E-state index contributed by atoms with van der Waals surface area (Å²) >= 11 is 0. The number of ether oxygens (including phenoxy) is 2. The van der Waals surface area contributed by atoms with Crippen LogP contribution >= 0.6 is 0 Å². The van der Waals surface area contributed by atoms with Gasteiger partial charge in [-0.25, -0.2) is 19.2 Å². The van der Waals surface area contributed by atoms with Crippen LogP contribution in [0.25, 0.3) is 0 Å². The molecule has 3 N–H and O–H groups in total. The molecule has 212 valence electrons. The van der Waals surface area contributed by atoms with Crippen molar-refractivity contribution in [1.82, 2.24) is 20.2 Å². The van der Waals surface area contributed by atoms with Gasteiger partial charge in [0, 0.05) is 11.7 Å². The Hall–Kier alpha value is -3.84. The van der Waals surface area contributed by atoms with E-state index >= 15 is 0 Å². The minimum atomic E-state index is -0.522. The topological polar surface area (TPSA) is 138 Å². The molecule has 3 heterocycles. The van der Waals surface area contributed by atoms with Crippen LogP contribution in [-0.4, -0.2) is 84.8 Å². The van der Waals surface area contributed by atoms with E-state index in [9.17, 15) is 18.8 Å². The molecule has 1 aromatic carbocycles. The minimum Gasteiger partial charge on any atom is -0.465 e. The molecule has 2 aliphatic carbocycles. The normalized spacial score (nSPS) is 21.5. The lowest BCUT2D eigenvalue weighted by Gasteiger charge is -2.18. The molecule has 2 aromatic rings. The average Bonchev–Trinajstić information content (AvgIpc) is 3.59. The maximum atomic E-state index is 14.8. The number of nitrogens with one attached hydrogen (secondary N) is 3. The number of anilines is 3. The Kier molecular flexibility index (Phi) is 7.24. The van der Waals surface area contributed by atoms with Crippen LogP contribution in [0.4, 0.5) is 26.5 Å². The average molecular weight is 554 g/mol. The van der Waals surface area contributed by atoms with E-state index < -0.39 is 6.09 Å². The SMILES string of the molecule is CN(CC(=O)Nc1cc(F)c2c(c1)CC(CNCCC1CN(c3cnc4c(n3)NC(=O)CO4)C(=O)O1)C2)C1CC1. The van der Waals surface area contributed by atoms with E-state index in [4.69, 9.17) is 9.47 Å². The first-order valence-electron chi connectivity index (χ1n) is 13.6. The van der Waals surface area contributed by atoms with Crippen LogP contribution in [0.15, 0.2) is 18.3 Å². The van der Waals surface area contributed by atoms with Crippen molar-refractivity contribution >= 4 is 35.2 Å². The van der Waals surface area contributed by atoms with Crippen LogP contribution in [0.3, 0.4) is 0 Å². The summed E-state index contributed by atoms with van der Waals surface area (Å²) in [5.74, 6) is 0.165. The molecule has 1 saturated heterocycles. The number of hydrogen-bond donors (Lipinski definition) is 3. The van der Waals surface area contributed by atoms with E-state index in [1.54, 1.807) is 0 Å². The Morgan fingerprint density at radius 2 is 2.12 bits per heavy atom. The number of likely N-dealkylation sites (N-methyl/N-ethyl adjacent to an activating group) is 1. The highest BCUT2D eigenvalue weighted by atomic mass is 19.1.